The molecule has 2 fully saturated rings. The molecule has 0 spiro atoms. The van der Waals surface area contributed by atoms with E-state index in [4.69, 9.17) is 19.7 Å². The van der Waals surface area contributed by atoms with Gasteiger partial charge in [0.05, 0.1) is 13.2 Å². The zero-order valence-corrected chi connectivity index (χ0v) is 21.5. The lowest BCUT2D eigenvalue weighted by Crippen LogP contribution is -2.38. The van der Waals surface area contributed by atoms with Crippen LogP contribution in [0.5, 0.6) is 0 Å². The zero-order valence-electron chi connectivity index (χ0n) is 21.5. The third-order valence-electron chi connectivity index (χ3n) is 6.56. The number of nitrogens with one attached hydrogen (secondary N) is 2. The fraction of sp³-hybridized carbons (Fsp3) is 0.370. The Hall–Kier alpha value is -4.25. The number of carbonyl (C=O) groups excluding carboxylic acids is 2. The summed E-state index contributed by atoms with van der Waals surface area (Å²) in [5.74, 6) is 1.87. The van der Waals surface area contributed by atoms with E-state index in [1.807, 2.05) is 59.5 Å². The second-order valence-electron chi connectivity index (χ2n) is 9.23. The number of hydrogen-bond donors (Lipinski definition) is 2. The van der Waals surface area contributed by atoms with E-state index < -0.39 is 0 Å². The summed E-state index contributed by atoms with van der Waals surface area (Å²) in [6.07, 6.45) is 0.846. The molecule has 2 aliphatic rings. The van der Waals surface area contributed by atoms with Gasteiger partial charge in [0, 0.05) is 63.1 Å². The third kappa shape index (κ3) is 6.35. The average molecular weight is 517 g/mol. The van der Waals surface area contributed by atoms with Crippen molar-refractivity contribution in [2.24, 2.45) is 0 Å². The Morgan fingerprint density at radius 3 is 2.03 bits per heavy atom. The van der Waals surface area contributed by atoms with E-state index in [9.17, 15) is 9.59 Å². The Kier molecular flexibility index (Phi) is 7.93. The quantitative estimate of drug-likeness (QED) is 0.532. The summed E-state index contributed by atoms with van der Waals surface area (Å²) in [4.78, 5) is 44.8. The molecule has 38 heavy (non-hydrogen) atoms. The average Bonchev–Trinajstić information content (AvgIpc) is 3.21. The summed E-state index contributed by atoms with van der Waals surface area (Å²) in [6, 6.07) is 16.4. The predicted molar refractivity (Wildman–Crippen MR) is 146 cm³/mol. The molecule has 11 heteroatoms. The Bertz CT molecular complexity index is 1250. The van der Waals surface area contributed by atoms with Crippen LogP contribution in [0.25, 0.3) is 11.4 Å². The lowest BCUT2D eigenvalue weighted by molar-refractivity contribution is -0.128. The number of urea groups is 1. The highest BCUT2D eigenvalue weighted by atomic mass is 16.5. The molecule has 0 atom stereocenters. The lowest BCUT2D eigenvalue weighted by Gasteiger charge is -2.28. The molecule has 2 aromatic carbocycles. The number of para-hydroxylation sites is 1. The fourth-order valence-corrected chi connectivity index (χ4v) is 4.48. The maximum absolute atomic E-state index is 12.4. The van der Waals surface area contributed by atoms with E-state index in [-0.39, 0.29) is 11.9 Å². The second-order valence-corrected chi connectivity index (χ2v) is 9.23. The Balaban J connectivity index is 1.36. The number of carbonyl (C=O) groups is 2. The maximum atomic E-state index is 12.4. The number of hydrogen-bond acceptors (Lipinski definition) is 8. The van der Waals surface area contributed by atoms with Crippen LogP contribution in [0.4, 0.5) is 28.1 Å². The van der Waals surface area contributed by atoms with Gasteiger partial charge in [-0.1, -0.05) is 18.2 Å². The van der Waals surface area contributed by atoms with Crippen LogP contribution in [0.15, 0.2) is 54.6 Å². The molecule has 2 N–H and O–H groups in total. The highest BCUT2D eigenvalue weighted by Crippen LogP contribution is 2.24. The molecule has 0 bridgehead atoms. The molecule has 3 heterocycles. The zero-order chi connectivity index (χ0) is 26.3. The van der Waals surface area contributed by atoms with Gasteiger partial charge in [0.25, 0.3) is 0 Å². The van der Waals surface area contributed by atoms with Gasteiger partial charge in [-0.25, -0.2) is 4.79 Å². The monoisotopic (exact) mass is 516 g/mol. The summed E-state index contributed by atoms with van der Waals surface area (Å²) >= 11 is 0. The van der Waals surface area contributed by atoms with Gasteiger partial charge < -0.3 is 30.1 Å². The highest BCUT2D eigenvalue weighted by Gasteiger charge is 2.22. The van der Waals surface area contributed by atoms with Crippen LogP contribution < -0.4 is 20.4 Å². The van der Waals surface area contributed by atoms with Crippen molar-refractivity contribution in [3.05, 3.63) is 54.6 Å². The summed E-state index contributed by atoms with van der Waals surface area (Å²) in [5, 5.41) is 5.66. The van der Waals surface area contributed by atoms with Crippen molar-refractivity contribution >= 4 is 35.2 Å². The number of anilines is 4. The van der Waals surface area contributed by atoms with Gasteiger partial charge in [0.15, 0.2) is 5.82 Å². The van der Waals surface area contributed by atoms with Gasteiger partial charge in [-0.2, -0.15) is 15.0 Å². The molecule has 198 valence electrons. The van der Waals surface area contributed by atoms with E-state index in [0.29, 0.717) is 62.8 Å². The van der Waals surface area contributed by atoms with Crippen molar-refractivity contribution in [1.29, 1.82) is 0 Å². The van der Waals surface area contributed by atoms with Crippen molar-refractivity contribution in [3.8, 4) is 11.4 Å². The third-order valence-corrected chi connectivity index (χ3v) is 6.56. The first-order valence-electron chi connectivity index (χ1n) is 12.9. The standard InChI is InChI=1S/C27H32N8O3/c1-20(36)33-12-5-13-34(15-14-33)25-30-24(31-26(32-25)35-16-18-38-19-17-35)21-8-10-23(11-9-21)29-27(37)28-22-6-3-2-4-7-22/h2-4,6-11H,5,12-19H2,1H3,(H2,28,29,37). The van der Waals surface area contributed by atoms with Gasteiger partial charge in [-0.15, -0.1) is 0 Å². The minimum Gasteiger partial charge on any atom is -0.378 e. The van der Waals surface area contributed by atoms with E-state index in [0.717, 1.165) is 30.8 Å². The highest BCUT2D eigenvalue weighted by molar-refractivity contribution is 5.99. The summed E-state index contributed by atoms with van der Waals surface area (Å²) in [6.45, 7) is 7.05. The number of aromatic nitrogens is 3. The number of morpholine rings is 1. The molecule has 3 aromatic rings. The molecule has 2 aliphatic heterocycles. The molecule has 3 amide bonds. The molecule has 0 aliphatic carbocycles. The van der Waals surface area contributed by atoms with Gasteiger partial charge in [-0.05, 0) is 42.8 Å². The van der Waals surface area contributed by atoms with E-state index in [1.54, 1.807) is 6.92 Å². The van der Waals surface area contributed by atoms with E-state index in [1.165, 1.54) is 0 Å². The SMILES string of the molecule is CC(=O)N1CCCN(c2nc(-c3ccc(NC(=O)Nc4ccccc4)cc3)nc(N3CCOCC3)n2)CC1. The molecular formula is C27H32N8O3. The van der Waals surface area contributed by atoms with Crippen LogP contribution in [0.3, 0.4) is 0 Å². The number of benzene rings is 2. The Labute approximate surface area is 221 Å². The molecule has 11 nitrogen and oxygen atoms in total. The topological polar surface area (TPSA) is 116 Å². The normalized spacial score (nSPS) is 16.1. The van der Waals surface area contributed by atoms with E-state index >= 15 is 0 Å². The molecule has 2 saturated heterocycles. The Morgan fingerprint density at radius 1 is 0.737 bits per heavy atom. The van der Waals surface area contributed by atoms with Crippen LogP contribution in [0, 0.1) is 0 Å². The first-order valence-corrected chi connectivity index (χ1v) is 12.9. The second kappa shape index (κ2) is 11.9. The predicted octanol–water partition coefficient (Wildman–Crippen LogP) is 3.08. The van der Waals surface area contributed by atoms with Gasteiger partial charge in [-0.3, -0.25) is 4.79 Å². The van der Waals surface area contributed by atoms with Crippen molar-refractivity contribution in [3.63, 3.8) is 0 Å². The van der Waals surface area contributed by atoms with Crippen molar-refractivity contribution < 1.29 is 14.3 Å². The Morgan fingerprint density at radius 2 is 1.37 bits per heavy atom. The van der Waals surface area contributed by atoms with Crippen molar-refractivity contribution in [2.45, 2.75) is 13.3 Å². The van der Waals surface area contributed by atoms with E-state index in [2.05, 4.69) is 20.4 Å². The number of rotatable bonds is 5. The number of ether oxygens (including phenoxy) is 1. The summed E-state index contributed by atoms with van der Waals surface area (Å²) in [7, 11) is 0. The minimum absolute atomic E-state index is 0.0864. The van der Waals surface area contributed by atoms with Crippen LogP contribution in [-0.2, 0) is 9.53 Å². The molecule has 0 unspecified atom stereocenters. The minimum atomic E-state index is -0.318. The fourth-order valence-electron chi connectivity index (χ4n) is 4.48. The smallest absolute Gasteiger partial charge is 0.323 e. The first-order chi connectivity index (χ1) is 18.5. The van der Waals surface area contributed by atoms with Gasteiger partial charge in [0.2, 0.25) is 17.8 Å². The van der Waals surface area contributed by atoms with Gasteiger partial charge >= 0.3 is 6.03 Å². The summed E-state index contributed by atoms with van der Waals surface area (Å²) in [5.41, 5.74) is 2.19. The molecule has 1 aromatic heterocycles. The molecular weight excluding hydrogens is 484 g/mol. The first kappa shape index (κ1) is 25.4. The molecule has 0 radical (unpaired) electrons. The lowest BCUT2D eigenvalue weighted by atomic mass is 10.2. The van der Waals surface area contributed by atoms with Crippen LogP contribution in [0.2, 0.25) is 0 Å². The maximum Gasteiger partial charge on any atom is 0.323 e. The van der Waals surface area contributed by atoms with Crippen LogP contribution in [-0.4, -0.2) is 84.3 Å². The number of amides is 3. The molecule has 0 saturated carbocycles. The van der Waals surface area contributed by atoms with Crippen LogP contribution >= 0.6 is 0 Å². The van der Waals surface area contributed by atoms with Crippen LogP contribution in [0.1, 0.15) is 13.3 Å². The van der Waals surface area contributed by atoms with Crippen molar-refractivity contribution in [1.82, 2.24) is 19.9 Å². The molecule has 5 rings (SSSR count). The van der Waals surface area contributed by atoms with Crippen molar-refractivity contribution in [2.75, 3.05) is 72.9 Å². The summed E-state index contributed by atoms with van der Waals surface area (Å²) < 4.78 is 5.52. The number of nitrogens with zero attached hydrogens (tertiary/aromatic N) is 6. The van der Waals surface area contributed by atoms with Gasteiger partial charge in [0.1, 0.15) is 0 Å². The largest absolute Gasteiger partial charge is 0.378 e.